The molecule has 2 aliphatic rings. The highest BCUT2D eigenvalue weighted by molar-refractivity contribution is 6.01. The monoisotopic (exact) mass is 411 g/mol. The van der Waals surface area contributed by atoms with Crippen molar-refractivity contribution in [2.45, 2.75) is 19.4 Å². The van der Waals surface area contributed by atoms with Gasteiger partial charge in [-0.15, -0.1) is 0 Å². The Kier molecular flexibility index (Phi) is 5.99. The molecule has 158 valence electrons. The van der Waals surface area contributed by atoms with Gasteiger partial charge in [0.05, 0.1) is 7.11 Å². The molecule has 1 fully saturated rings. The van der Waals surface area contributed by atoms with Crippen molar-refractivity contribution in [2.24, 2.45) is 11.1 Å². The third kappa shape index (κ3) is 4.31. The summed E-state index contributed by atoms with van der Waals surface area (Å²) in [5.41, 5.74) is 3.06. The van der Waals surface area contributed by atoms with E-state index < -0.39 is 0 Å². The van der Waals surface area contributed by atoms with Crippen molar-refractivity contribution < 1.29 is 19.1 Å². The van der Waals surface area contributed by atoms with Crippen LogP contribution in [0.3, 0.4) is 0 Å². The summed E-state index contributed by atoms with van der Waals surface area (Å²) >= 11 is 0. The Bertz CT molecular complexity index is 937. The molecule has 1 saturated heterocycles. The molecule has 0 atom stereocenters. The standard InChI is InChI=1S/C23H26FN3O3/c1-30-20-6-7-21-18(12-20)14-27(23(21)28)13-16-8-10-26(11-9-16)15-22(25-29)17-2-4-19(24)5-3-17/h2-7,12,16,29H,8-11,13-15H2,1H3/b25-22-. The molecule has 30 heavy (non-hydrogen) atoms. The molecule has 1 N–H and O–H groups in total. The first kappa shape index (κ1) is 20.3. The van der Waals surface area contributed by atoms with E-state index in [1.807, 2.05) is 23.1 Å². The fourth-order valence-corrected chi connectivity index (χ4v) is 4.31. The zero-order valence-electron chi connectivity index (χ0n) is 17.1. The predicted molar refractivity (Wildman–Crippen MR) is 112 cm³/mol. The number of amides is 1. The Hall–Kier alpha value is -2.93. The van der Waals surface area contributed by atoms with E-state index in [-0.39, 0.29) is 11.7 Å². The summed E-state index contributed by atoms with van der Waals surface area (Å²) in [4.78, 5) is 16.9. The van der Waals surface area contributed by atoms with Crippen LogP contribution in [0.4, 0.5) is 4.39 Å². The minimum atomic E-state index is -0.311. The van der Waals surface area contributed by atoms with Gasteiger partial charge in [0.15, 0.2) is 0 Å². The van der Waals surface area contributed by atoms with Crippen molar-refractivity contribution in [1.29, 1.82) is 0 Å². The molecule has 0 spiro atoms. The number of carbonyl (C=O) groups excluding carboxylic acids is 1. The second kappa shape index (κ2) is 8.83. The van der Waals surface area contributed by atoms with Crippen LogP contribution in [0, 0.1) is 11.7 Å². The Labute approximate surface area is 175 Å². The van der Waals surface area contributed by atoms with Gasteiger partial charge in [0.25, 0.3) is 5.91 Å². The first-order chi connectivity index (χ1) is 14.6. The molecule has 0 aromatic heterocycles. The van der Waals surface area contributed by atoms with E-state index in [0.29, 0.717) is 24.7 Å². The van der Waals surface area contributed by atoms with Crippen LogP contribution >= 0.6 is 0 Å². The van der Waals surface area contributed by atoms with Gasteiger partial charge >= 0.3 is 0 Å². The van der Waals surface area contributed by atoms with Gasteiger partial charge in [-0.25, -0.2) is 4.39 Å². The molecule has 6 nitrogen and oxygen atoms in total. The molecule has 2 heterocycles. The lowest BCUT2D eigenvalue weighted by Crippen LogP contribution is -2.41. The third-order valence-corrected chi connectivity index (χ3v) is 6.05. The summed E-state index contributed by atoms with van der Waals surface area (Å²) < 4.78 is 18.4. The van der Waals surface area contributed by atoms with Crippen LogP contribution in [0.15, 0.2) is 47.6 Å². The topological polar surface area (TPSA) is 65.4 Å². The quantitative estimate of drug-likeness (QED) is 0.450. The van der Waals surface area contributed by atoms with Gasteiger partial charge in [0, 0.05) is 30.8 Å². The van der Waals surface area contributed by atoms with Gasteiger partial charge < -0.3 is 14.8 Å². The van der Waals surface area contributed by atoms with Crippen molar-refractivity contribution in [1.82, 2.24) is 9.80 Å². The van der Waals surface area contributed by atoms with Crippen molar-refractivity contribution in [3.63, 3.8) is 0 Å². The molecule has 1 amide bonds. The molecule has 2 aromatic carbocycles. The zero-order valence-corrected chi connectivity index (χ0v) is 17.1. The van der Waals surface area contributed by atoms with E-state index in [9.17, 15) is 14.4 Å². The number of piperidine rings is 1. The molecule has 4 rings (SSSR count). The van der Waals surface area contributed by atoms with Gasteiger partial charge in [0.2, 0.25) is 0 Å². The number of halogens is 1. The van der Waals surface area contributed by atoms with Crippen LogP contribution in [0.1, 0.15) is 34.3 Å². The Morgan fingerprint density at radius 3 is 2.60 bits per heavy atom. The van der Waals surface area contributed by atoms with Crippen molar-refractivity contribution in [2.75, 3.05) is 33.3 Å². The lowest BCUT2D eigenvalue weighted by atomic mass is 9.95. The number of hydrogen-bond acceptors (Lipinski definition) is 5. The number of likely N-dealkylation sites (tertiary alicyclic amines) is 1. The zero-order chi connectivity index (χ0) is 21.1. The van der Waals surface area contributed by atoms with Gasteiger partial charge in [-0.1, -0.05) is 17.3 Å². The second-order valence-electron chi connectivity index (χ2n) is 7.98. The average Bonchev–Trinajstić information content (AvgIpc) is 3.08. The molecule has 0 bridgehead atoms. The van der Waals surface area contributed by atoms with E-state index in [1.54, 1.807) is 19.2 Å². The highest BCUT2D eigenvalue weighted by Crippen LogP contribution is 2.29. The predicted octanol–water partition coefficient (Wildman–Crippen LogP) is 3.38. The maximum absolute atomic E-state index is 13.1. The van der Waals surface area contributed by atoms with Crippen LogP contribution < -0.4 is 4.74 Å². The van der Waals surface area contributed by atoms with E-state index in [2.05, 4.69) is 10.1 Å². The Morgan fingerprint density at radius 2 is 1.93 bits per heavy atom. The number of fused-ring (bicyclic) bond motifs is 1. The van der Waals surface area contributed by atoms with Crippen LogP contribution in [0.5, 0.6) is 5.75 Å². The Balaban J connectivity index is 1.30. The van der Waals surface area contributed by atoms with Crippen LogP contribution in [-0.2, 0) is 6.54 Å². The summed E-state index contributed by atoms with van der Waals surface area (Å²) in [6.45, 7) is 3.64. The molecule has 2 aromatic rings. The summed E-state index contributed by atoms with van der Waals surface area (Å²) in [7, 11) is 1.63. The minimum Gasteiger partial charge on any atom is -0.497 e. The average molecular weight is 411 g/mol. The fourth-order valence-electron chi connectivity index (χ4n) is 4.31. The molecule has 7 heteroatoms. The number of rotatable bonds is 6. The van der Waals surface area contributed by atoms with E-state index >= 15 is 0 Å². The molecular formula is C23H26FN3O3. The lowest BCUT2D eigenvalue weighted by Gasteiger charge is -2.33. The number of nitrogens with zero attached hydrogens (tertiary/aromatic N) is 3. The van der Waals surface area contributed by atoms with E-state index in [4.69, 9.17) is 4.74 Å². The number of ether oxygens (including phenoxy) is 1. The summed E-state index contributed by atoms with van der Waals surface area (Å²) in [5, 5.41) is 12.8. The molecule has 0 radical (unpaired) electrons. The van der Waals surface area contributed by atoms with Gasteiger partial charge in [-0.3, -0.25) is 9.69 Å². The van der Waals surface area contributed by atoms with Crippen LogP contribution in [-0.4, -0.2) is 59.9 Å². The first-order valence-corrected chi connectivity index (χ1v) is 10.2. The second-order valence-corrected chi connectivity index (χ2v) is 7.98. The number of carbonyl (C=O) groups is 1. The summed E-state index contributed by atoms with van der Waals surface area (Å²) in [5.74, 6) is 1.01. The van der Waals surface area contributed by atoms with Gasteiger partial charge in [0.1, 0.15) is 17.3 Å². The summed E-state index contributed by atoms with van der Waals surface area (Å²) in [6.07, 6.45) is 1.96. The van der Waals surface area contributed by atoms with Crippen LogP contribution in [0.25, 0.3) is 0 Å². The molecule has 0 saturated carbocycles. The number of oxime groups is 1. The lowest BCUT2D eigenvalue weighted by molar-refractivity contribution is 0.0719. The summed E-state index contributed by atoms with van der Waals surface area (Å²) in [6, 6.07) is 11.6. The Morgan fingerprint density at radius 1 is 1.20 bits per heavy atom. The molecule has 2 aliphatic heterocycles. The van der Waals surface area contributed by atoms with E-state index in [1.165, 1.54) is 12.1 Å². The molecule has 0 aliphatic carbocycles. The van der Waals surface area contributed by atoms with E-state index in [0.717, 1.165) is 54.9 Å². The minimum absolute atomic E-state index is 0.0982. The maximum Gasteiger partial charge on any atom is 0.254 e. The highest BCUT2D eigenvalue weighted by Gasteiger charge is 2.31. The number of benzene rings is 2. The molecule has 0 unspecified atom stereocenters. The fraction of sp³-hybridized carbons (Fsp3) is 0.391. The highest BCUT2D eigenvalue weighted by atomic mass is 19.1. The normalized spacial score (nSPS) is 18.0. The third-order valence-electron chi connectivity index (χ3n) is 6.05. The van der Waals surface area contributed by atoms with Gasteiger partial charge in [-0.05, 0) is 67.7 Å². The van der Waals surface area contributed by atoms with Crippen molar-refractivity contribution in [3.8, 4) is 5.75 Å². The smallest absolute Gasteiger partial charge is 0.254 e. The number of methoxy groups -OCH3 is 1. The number of hydrogen-bond donors (Lipinski definition) is 1. The first-order valence-electron chi connectivity index (χ1n) is 10.2. The van der Waals surface area contributed by atoms with Crippen LogP contribution in [0.2, 0.25) is 0 Å². The maximum atomic E-state index is 13.1. The van der Waals surface area contributed by atoms with Gasteiger partial charge in [-0.2, -0.15) is 0 Å². The molecular weight excluding hydrogens is 385 g/mol. The largest absolute Gasteiger partial charge is 0.497 e. The SMILES string of the molecule is COc1ccc2c(c1)CN(CC1CCN(C/C(=N/O)c3ccc(F)cc3)CC1)C2=O. The van der Waals surface area contributed by atoms with Crippen molar-refractivity contribution >= 4 is 11.6 Å². The van der Waals surface area contributed by atoms with Crippen molar-refractivity contribution in [3.05, 3.63) is 65.0 Å².